The van der Waals surface area contributed by atoms with Gasteiger partial charge in [0.2, 0.25) is 47.5 Å². The number of hydrogen-bond donors (Lipinski definition) is 16. The van der Waals surface area contributed by atoms with Crippen molar-refractivity contribution in [1.82, 2.24) is 103 Å². The minimum atomic E-state index is -4.30. The molecule has 16 rings (SSSR count). The van der Waals surface area contributed by atoms with Gasteiger partial charge in [0, 0.05) is 89.7 Å². The van der Waals surface area contributed by atoms with Gasteiger partial charge in [0.15, 0.2) is 147 Å². The number of anilines is 10. The Kier molecular flexibility index (Phi) is 38.2. The molecule has 18 N–H and O–H groups in total. The Morgan fingerprint density at radius 2 is 0.774 bits per heavy atom. The summed E-state index contributed by atoms with van der Waals surface area (Å²) in [4.78, 5) is 112. The molecule has 49 nitrogen and oxygen atoms in total. The fraction of sp³-hybridized carbons (Fsp3) is 0.596. The number of hydrogen-bond acceptors (Lipinski definition) is 40. The SMILES string of the molecule is CCC1(C)O[C@@H](n2cnc3c(NC)nc(NC(=O)C(C)C)nc32)[C@@H](F)[C@@H]1C.CC[C@@]1(CI)O[C@@H](n2cnc3c(NC)nc(NC(=O)C(C)C)nc32)[C@@H](F)[C@@H]1C.CNc1nc(N)nc2c1ncn2[C@@H]1O[C@](C)(CO)[C@@H](O)[C@@H]1F.CNc1nc(N)nc2c1ncn2[C@@H]1O[C@](C)(CO[P@@](=O)(N[C@@H](C)C(=O)OC(C)C)Oc2ccccc2)[C@@H](O)[C@@H]1F.CNc1nc(NC(=O)C(C)C)nc2c1ncn2[C@@H]1OC(C)(CO)[C@@H](O)[C@@H]1F.[CH3-].[Pd]. The van der Waals surface area contributed by atoms with Gasteiger partial charge in [0.25, 0.3) is 0 Å². The molecule has 10 aromatic heterocycles. The number of aliphatic hydroxyl groups is 5. The molecule has 0 radical (unpaired) electrons. The molecule has 22 atom stereocenters. The fourth-order valence-corrected chi connectivity index (χ4v) is 19.1. The number of carbonyl (C=O) groups is 4. The first-order chi connectivity index (χ1) is 68.0. The molecule has 11 aromatic rings. The third-order valence-corrected chi connectivity index (χ3v) is 28.4. The molecule has 3 amide bonds. The number of nitrogens with zero attached hydrogens (tertiary/aromatic N) is 20. The molecule has 0 aliphatic carbocycles. The molecule has 0 spiro atoms. The van der Waals surface area contributed by atoms with Crippen LogP contribution in [0.1, 0.15) is 162 Å². The largest absolute Gasteiger partial charge is 0.462 e. The zero-order chi connectivity index (χ0) is 106. The van der Waals surface area contributed by atoms with E-state index in [-0.39, 0.29) is 128 Å². The van der Waals surface area contributed by atoms with Crippen molar-refractivity contribution in [2.45, 2.75) is 251 Å². The summed E-state index contributed by atoms with van der Waals surface area (Å²) in [6.07, 6.45) is -10.1. The third kappa shape index (κ3) is 24.0. The number of rotatable bonds is 30. The zero-order valence-corrected chi connectivity index (χ0v) is 89.3. The quantitative estimate of drug-likeness (QED) is 0.00379. The first kappa shape index (κ1) is 117. The molecule has 146 heavy (non-hydrogen) atoms. The Labute approximate surface area is 864 Å². The van der Waals surface area contributed by atoms with Crippen molar-refractivity contribution in [3.63, 3.8) is 0 Å². The normalized spacial score (nSPS) is 27.3. The van der Waals surface area contributed by atoms with Gasteiger partial charge in [-0.15, -0.1) is 0 Å². The second-order valence-electron chi connectivity index (χ2n) is 37.0. The second kappa shape index (κ2) is 47.7. The number of nitrogens with one attached hydrogen (secondary N) is 9. The maximum absolute atomic E-state index is 15.5. The number of ether oxygens (including phenoxy) is 6. The summed E-state index contributed by atoms with van der Waals surface area (Å²) in [5, 5.41) is 74.7. The van der Waals surface area contributed by atoms with Gasteiger partial charge >= 0.3 is 13.7 Å². The van der Waals surface area contributed by atoms with Crippen molar-refractivity contribution in [2.24, 2.45) is 29.6 Å². The van der Waals surface area contributed by atoms with Gasteiger partial charge < -0.3 is 104 Å². The number of fused-ring (bicyclic) bond motifs is 5. The standard InChI is InChI=1S/C24H33FN7O7P.C18H26FIN6O2.C18H27FN6O2.C16H23FN6O4.C12H17FN6O3.CH3.Pd/c1-13(2)37-22(34)14(3)31-40(35,39-15-9-7-6-8-10-15)36-11-24(4)18(33)16(25)21(38-24)32-12-28-17-19(27-5)29-23(26)30-20(17)32;1-6-18(7-20)10(4)11(19)16(28-18)26-8-22-12-13(21-5)23-17(24-14(12)26)25-15(27)9(2)3;1-7-18(5)10(4)11(19)16(27-18)25-8-21-12-13(20-6)22-17(23-14(12)25)24-15(26)9(2)3;1-7(2)13(26)22-15-20-11(18-4)9-12(21-15)23(6-19-9)14-8(17)10(25)16(3,5-24)27-14;1-12(3-20)7(21)5(13)10(22-12)19-4-16-6-8(15-2)17-11(14)18-9(6)19;;/h6-10,12-14,16,18,21,33H,11H2,1-5H3,(H,31,35)(H3,26,27,29,30);8-11,16H,6-7H2,1-5H3,(H2,21,23,24,25,27);8-11,16H,7H2,1-6H3,(H2,20,22,23,24,26);6-8,10,14,24-25H,5H2,1-4H3,(H2,18,20,21,22,26);4-5,7,10,20-21H,3H2,1-2H3,(H3,14,15,17,18);1H3;/q;;;;;-1;/t14-,16-,18-,21+,24+,40-;10-,11-,16+,18-;10-,11-,16+,18?;8-,10-,14+,16?;5-,7-,10+,12+;;/m00000../s1. The Balaban J connectivity index is 0.000000189. The van der Waals surface area contributed by atoms with Crippen LogP contribution in [0.5, 0.6) is 5.75 Å². The molecule has 1 aromatic carbocycles. The molecular weight excluding hydrogens is 2150 g/mol. The number of halogens is 6. The summed E-state index contributed by atoms with van der Waals surface area (Å²) in [7, 11) is 4.01. The number of nitrogen functional groups attached to an aromatic ring is 2. The van der Waals surface area contributed by atoms with Crippen LogP contribution in [0.3, 0.4) is 0 Å². The minimum absolute atomic E-state index is 0. The first-order valence-corrected chi connectivity index (χ1v) is 49.5. The maximum atomic E-state index is 15.5. The smallest absolute Gasteiger partial charge is 0.459 e. The molecule has 15 heterocycles. The molecule has 806 valence electrons. The maximum Gasteiger partial charge on any atom is 0.459 e. The molecule has 0 saturated carbocycles. The number of esters is 1. The molecular formula is C89H129F5IN31O18PPd-. The van der Waals surface area contributed by atoms with E-state index >= 15 is 13.2 Å². The average molecular weight is 2280 g/mol. The summed E-state index contributed by atoms with van der Waals surface area (Å²) >= 11 is 2.25. The molecule has 5 saturated heterocycles. The molecule has 5 aliphatic rings. The van der Waals surface area contributed by atoms with Crippen molar-refractivity contribution in [1.29, 1.82) is 0 Å². The van der Waals surface area contributed by atoms with Crippen LogP contribution in [0, 0.1) is 37.0 Å². The van der Waals surface area contributed by atoms with E-state index in [2.05, 4.69) is 145 Å². The van der Waals surface area contributed by atoms with Crippen molar-refractivity contribution < 1.29 is 129 Å². The number of aliphatic hydroxyl groups excluding tert-OH is 5. The summed E-state index contributed by atoms with van der Waals surface area (Å²) in [6.45, 7) is 27.6. The number of nitrogens with two attached hydrogens (primary N) is 2. The van der Waals surface area contributed by atoms with Crippen LogP contribution in [-0.2, 0) is 77.1 Å². The minimum Gasteiger partial charge on any atom is -0.462 e. The van der Waals surface area contributed by atoms with Gasteiger partial charge in [-0.3, -0.25) is 62.5 Å². The van der Waals surface area contributed by atoms with Crippen LogP contribution >= 0.6 is 30.3 Å². The Morgan fingerprint density at radius 1 is 0.466 bits per heavy atom. The van der Waals surface area contributed by atoms with Crippen LogP contribution in [-0.4, -0.2) is 296 Å². The number of imidazole rings is 5. The average Bonchev–Trinajstić information content (AvgIpc) is 1.61. The van der Waals surface area contributed by atoms with Gasteiger partial charge in [-0.2, -0.15) is 54.9 Å². The van der Waals surface area contributed by atoms with Crippen molar-refractivity contribution in [3.05, 3.63) is 69.4 Å². The van der Waals surface area contributed by atoms with E-state index in [0.717, 1.165) is 0 Å². The van der Waals surface area contributed by atoms with E-state index in [1.807, 2.05) is 34.6 Å². The van der Waals surface area contributed by atoms with Crippen molar-refractivity contribution in [2.75, 3.05) is 113 Å². The molecule has 2 unspecified atom stereocenters. The number of para-hydroxylation sites is 1. The Morgan fingerprint density at radius 3 is 1.07 bits per heavy atom. The summed E-state index contributed by atoms with van der Waals surface area (Å²) in [5.74, 6) is -0.166. The topological polar surface area (TPSA) is 639 Å². The summed E-state index contributed by atoms with van der Waals surface area (Å²) in [5.41, 5.74) is 9.35. The Hall–Kier alpha value is -11.0. The summed E-state index contributed by atoms with van der Waals surface area (Å²) < 4.78 is 142. The van der Waals surface area contributed by atoms with Gasteiger partial charge in [-0.1, -0.05) is 110 Å². The van der Waals surface area contributed by atoms with Crippen LogP contribution in [0.4, 0.5) is 80.8 Å². The molecule has 57 heteroatoms. The van der Waals surface area contributed by atoms with E-state index in [1.165, 1.54) is 73.0 Å². The van der Waals surface area contributed by atoms with Crippen LogP contribution < -0.4 is 63.6 Å². The van der Waals surface area contributed by atoms with E-state index in [4.69, 9.17) is 48.9 Å². The van der Waals surface area contributed by atoms with E-state index < -0.39 is 154 Å². The van der Waals surface area contributed by atoms with Crippen LogP contribution in [0.2, 0.25) is 0 Å². The predicted molar refractivity (Wildman–Crippen MR) is 536 cm³/mol. The number of benzene rings is 1. The summed E-state index contributed by atoms with van der Waals surface area (Å²) in [6, 6.07) is 7.04. The molecule has 5 aliphatic heterocycles. The number of aromatic nitrogens is 20. The second-order valence-corrected chi connectivity index (χ2v) is 39.5. The van der Waals surface area contributed by atoms with Crippen molar-refractivity contribution in [3.8, 4) is 5.75 Å². The third-order valence-electron chi connectivity index (χ3n) is 25.5. The van der Waals surface area contributed by atoms with Gasteiger partial charge in [0.1, 0.15) is 46.9 Å². The van der Waals surface area contributed by atoms with E-state index in [9.17, 15) is 58.1 Å². The number of carbonyl (C=O) groups excluding carboxylic acids is 4. The monoisotopic (exact) mass is 2280 g/mol. The van der Waals surface area contributed by atoms with Gasteiger partial charge in [-0.05, 0) is 73.4 Å². The molecule has 5 fully saturated rings. The number of amides is 3. The Bertz CT molecular complexity index is 6290. The van der Waals surface area contributed by atoms with E-state index in [0.29, 0.717) is 85.2 Å². The van der Waals surface area contributed by atoms with Crippen LogP contribution in [0.25, 0.3) is 55.8 Å². The first-order valence-electron chi connectivity index (χ1n) is 46.4. The fourth-order valence-electron chi connectivity index (χ4n) is 16.1. The van der Waals surface area contributed by atoms with Crippen molar-refractivity contribution >= 4 is 169 Å². The molecule has 0 bridgehead atoms. The number of alkyl halides is 6. The van der Waals surface area contributed by atoms with Crippen LogP contribution in [0.15, 0.2) is 62.0 Å². The van der Waals surface area contributed by atoms with Gasteiger partial charge in [-0.25, -0.2) is 51.4 Å². The van der Waals surface area contributed by atoms with E-state index in [1.54, 1.807) is 130 Å². The zero-order valence-electron chi connectivity index (χ0n) is 84.7. The predicted octanol–water partition coefficient (Wildman–Crippen LogP) is 9.57. The van der Waals surface area contributed by atoms with Gasteiger partial charge in [0.05, 0.1) is 68.8 Å².